The summed E-state index contributed by atoms with van der Waals surface area (Å²) in [4.78, 5) is 23.5. The quantitative estimate of drug-likeness (QED) is 0.393. The molecule has 0 unspecified atom stereocenters. The van der Waals surface area contributed by atoms with Crippen molar-refractivity contribution in [1.29, 1.82) is 0 Å². The summed E-state index contributed by atoms with van der Waals surface area (Å²) in [5.74, 6) is -0.311. The zero-order chi connectivity index (χ0) is 12.8. The number of Topliss-reactive ketones (excluding diaryl/α,β-unsaturated/α-hetero) is 1. The van der Waals surface area contributed by atoms with Crippen LogP contribution in [0, 0.1) is 0 Å². The van der Waals surface area contributed by atoms with Gasteiger partial charge in [-0.3, -0.25) is 9.59 Å². The van der Waals surface area contributed by atoms with E-state index in [0.29, 0.717) is 22.2 Å². The lowest BCUT2D eigenvalue weighted by Gasteiger charge is -2.06. The largest absolute Gasteiger partial charge is 0.469 e. The number of halogens is 1. The summed E-state index contributed by atoms with van der Waals surface area (Å²) in [6.45, 7) is 0. The van der Waals surface area contributed by atoms with Gasteiger partial charge in [-0.1, -0.05) is 22.0 Å². The maximum absolute atomic E-state index is 11.8. The van der Waals surface area contributed by atoms with E-state index in [0.717, 1.165) is 5.56 Å². The highest BCUT2D eigenvalue weighted by molar-refractivity contribution is 9.09. The summed E-state index contributed by atoms with van der Waals surface area (Å²) in [6, 6.07) is 5.19. The molecule has 0 aromatic heterocycles. The van der Waals surface area contributed by atoms with Crippen molar-refractivity contribution in [3.05, 3.63) is 29.3 Å². The van der Waals surface area contributed by atoms with Crippen molar-refractivity contribution in [2.24, 2.45) is 0 Å². The number of hydrogen-bond acceptors (Lipinski definition) is 4. The summed E-state index contributed by atoms with van der Waals surface area (Å²) in [7, 11) is 1.34. The van der Waals surface area contributed by atoms with Crippen LogP contribution in [0.4, 0.5) is 0 Å². The van der Waals surface area contributed by atoms with E-state index in [4.69, 9.17) is 0 Å². The van der Waals surface area contributed by atoms with E-state index < -0.39 is 0 Å². The summed E-state index contributed by atoms with van der Waals surface area (Å²) in [5.41, 5.74) is 1.31. The van der Waals surface area contributed by atoms with Crippen molar-refractivity contribution in [3.8, 4) is 0 Å². The number of thiol groups is 1. The minimum Gasteiger partial charge on any atom is -0.469 e. The molecule has 0 aliphatic rings. The van der Waals surface area contributed by atoms with Gasteiger partial charge < -0.3 is 4.74 Å². The van der Waals surface area contributed by atoms with Crippen molar-refractivity contribution in [2.45, 2.75) is 17.7 Å². The van der Waals surface area contributed by atoms with Crippen molar-refractivity contribution in [3.63, 3.8) is 0 Å². The first-order chi connectivity index (χ1) is 8.08. The molecule has 0 aliphatic carbocycles. The number of alkyl halides is 1. The number of carbonyl (C=O) groups is 2. The molecular weight excluding hydrogens is 304 g/mol. The Balaban J connectivity index is 2.94. The Labute approximate surface area is 114 Å². The van der Waals surface area contributed by atoms with Gasteiger partial charge in [-0.2, -0.15) is 0 Å². The molecule has 0 N–H and O–H groups in total. The third-order valence-electron chi connectivity index (χ3n) is 2.26. The number of esters is 1. The van der Waals surface area contributed by atoms with Crippen LogP contribution >= 0.6 is 28.6 Å². The van der Waals surface area contributed by atoms with Crippen LogP contribution in [-0.4, -0.2) is 24.2 Å². The molecule has 0 bridgehead atoms. The highest BCUT2D eigenvalue weighted by atomic mass is 79.9. The van der Waals surface area contributed by atoms with Gasteiger partial charge in [0.25, 0.3) is 0 Å². The molecule has 0 amide bonds. The lowest BCUT2D eigenvalue weighted by Crippen LogP contribution is -2.07. The molecule has 0 saturated heterocycles. The van der Waals surface area contributed by atoms with E-state index in [-0.39, 0.29) is 18.2 Å². The van der Waals surface area contributed by atoms with E-state index in [1.54, 1.807) is 18.2 Å². The van der Waals surface area contributed by atoms with Crippen molar-refractivity contribution >= 4 is 40.3 Å². The zero-order valence-corrected chi connectivity index (χ0v) is 11.9. The molecule has 1 aromatic carbocycles. The van der Waals surface area contributed by atoms with Crippen LogP contribution in [0.3, 0.4) is 0 Å². The van der Waals surface area contributed by atoms with Gasteiger partial charge in [0.05, 0.1) is 13.5 Å². The number of benzene rings is 1. The highest BCUT2D eigenvalue weighted by Crippen LogP contribution is 2.18. The molecule has 1 rings (SSSR count). The van der Waals surface area contributed by atoms with E-state index in [1.807, 2.05) is 0 Å². The van der Waals surface area contributed by atoms with Crippen molar-refractivity contribution in [2.75, 3.05) is 12.4 Å². The second kappa shape index (κ2) is 6.81. The monoisotopic (exact) mass is 316 g/mol. The number of ether oxygens (including phenoxy) is 1. The highest BCUT2D eigenvalue weighted by Gasteiger charge is 2.11. The van der Waals surface area contributed by atoms with Crippen LogP contribution in [0.15, 0.2) is 23.1 Å². The van der Waals surface area contributed by atoms with E-state index in [2.05, 4.69) is 33.3 Å². The molecule has 1 aromatic rings. The molecule has 0 spiro atoms. The number of hydrogen-bond donors (Lipinski definition) is 1. The van der Waals surface area contributed by atoms with Gasteiger partial charge in [0.15, 0.2) is 5.78 Å². The van der Waals surface area contributed by atoms with Crippen LogP contribution < -0.4 is 0 Å². The second-order valence-electron chi connectivity index (χ2n) is 3.47. The number of rotatable bonds is 5. The molecule has 92 valence electrons. The van der Waals surface area contributed by atoms with Gasteiger partial charge in [0.1, 0.15) is 0 Å². The van der Waals surface area contributed by atoms with Crippen LogP contribution in [0.5, 0.6) is 0 Å². The van der Waals surface area contributed by atoms with E-state index in [9.17, 15) is 9.59 Å². The molecule has 0 atom stereocenters. The molecule has 0 radical (unpaired) electrons. The summed E-state index contributed by atoms with van der Waals surface area (Å²) in [6.07, 6.45) is 0.578. The average molecular weight is 317 g/mol. The van der Waals surface area contributed by atoms with Gasteiger partial charge >= 0.3 is 5.97 Å². The minimum absolute atomic E-state index is 0.0126. The predicted octanol–water partition coefficient (Wildman–Crippen LogP) is 2.66. The Morgan fingerprint density at radius 2 is 2.12 bits per heavy atom. The van der Waals surface area contributed by atoms with E-state index in [1.165, 1.54) is 7.11 Å². The summed E-state index contributed by atoms with van der Waals surface area (Å²) in [5, 5.41) is 0.611. The smallest absolute Gasteiger partial charge is 0.309 e. The van der Waals surface area contributed by atoms with Gasteiger partial charge in [-0.15, -0.1) is 12.6 Å². The molecular formula is C12H13BrO3S. The Morgan fingerprint density at radius 1 is 1.41 bits per heavy atom. The number of methoxy groups -OCH3 is 1. The zero-order valence-electron chi connectivity index (χ0n) is 9.40. The topological polar surface area (TPSA) is 43.4 Å². The predicted molar refractivity (Wildman–Crippen MR) is 72.2 cm³/mol. The third-order valence-corrected chi connectivity index (χ3v) is 3.05. The summed E-state index contributed by atoms with van der Waals surface area (Å²) < 4.78 is 4.58. The number of ketones is 1. The third kappa shape index (κ3) is 4.16. The second-order valence-corrected chi connectivity index (χ2v) is 4.74. The summed E-state index contributed by atoms with van der Waals surface area (Å²) >= 11 is 7.46. The van der Waals surface area contributed by atoms with Crippen LogP contribution in [0.25, 0.3) is 0 Å². The van der Waals surface area contributed by atoms with Crippen LogP contribution in [0.1, 0.15) is 22.3 Å². The Hall–Kier alpha value is -0.810. The van der Waals surface area contributed by atoms with E-state index >= 15 is 0 Å². The van der Waals surface area contributed by atoms with Crippen molar-refractivity contribution < 1.29 is 14.3 Å². The van der Waals surface area contributed by atoms with Gasteiger partial charge in [-0.25, -0.2) is 0 Å². The maximum atomic E-state index is 11.8. The van der Waals surface area contributed by atoms with Gasteiger partial charge in [0.2, 0.25) is 0 Å². The SMILES string of the molecule is COC(=O)Cc1ccc(S)c(C(=O)CCBr)c1. The minimum atomic E-state index is -0.323. The first kappa shape index (κ1) is 14.3. The average Bonchev–Trinajstić information content (AvgIpc) is 2.31. The normalized spacial score (nSPS) is 10.1. The maximum Gasteiger partial charge on any atom is 0.309 e. The lowest BCUT2D eigenvalue weighted by atomic mass is 10.0. The Kier molecular flexibility index (Phi) is 5.71. The number of carbonyl (C=O) groups excluding carboxylic acids is 2. The van der Waals surface area contributed by atoms with Gasteiger partial charge in [-0.05, 0) is 17.7 Å². The molecule has 0 fully saturated rings. The molecule has 3 nitrogen and oxygen atoms in total. The van der Waals surface area contributed by atoms with Gasteiger partial charge in [0, 0.05) is 22.2 Å². The fourth-order valence-corrected chi connectivity index (χ4v) is 2.00. The molecule has 17 heavy (non-hydrogen) atoms. The first-order valence-electron chi connectivity index (χ1n) is 5.06. The molecule has 5 heteroatoms. The molecule has 0 heterocycles. The first-order valence-corrected chi connectivity index (χ1v) is 6.63. The van der Waals surface area contributed by atoms with Crippen LogP contribution in [0.2, 0.25) is 0 Å². The standard InChI is InChI=1S/C12H13BrO3S/c1-16-12(15)7-8-2-3-11(17)9(6-8)10(14)4-5-13/h2-3,6,17H,4-5,7H2,1H3. The molecule has 0 aliphatic heterocycles. The van der Waals surface area contributed by atoms with Crippen LogP contribution in [-0.2, 0) is 16.0 Å². The Bertz CT molecular complexity index is 432. The lowest BCUT2D eigenvalue weighted by molar-refractivity contribution is -0.139. The molecule has 0 saturated carbocycles. The fourth-order valence-electron chi connectivity index (χ4n) is 1.38. The fraction of sp³-hybridized carbons (Fsp3) is 0.333. The Morgan fingerprint density at radius 3 is 2.71 bits per heavy atom. The van der Waals surface area contributed by atoms with Crippen molar-refractivity contribution in [1.82, 2.24) is 0 Å².